The fourth-order valence-corrected chi connectivity index (χ4v) is 2.13. The number of furan rings is 1. The van der Waals surface area contributed by atoms with Crippen LogP contribution in [0.2, 0.25) is 5.02 Å². The summed E-state index contributed by atoms with van der Waals surface area (Å²) in [4.78, 5) is 11.9. The van der Waals surface area contributed by atoms with E-state index in [1.807, 2.05) is 0 Å². The lowest BCUT2D eigenvalue weighted by molar-refractivity contribution is 0.0601. The average Bonchev–Trinajstić information content (AvgIpc) is 3.23. The molecule has 2 aromatic heterocycles. The van der Waals surface area contributed by atoms with Crippen molar-refractivity contribution in [3.8, 4) is 11.3 Å². The molecule has 0 spiro atoms. The number of hydrogen-bond acceptors (Lipinski definition) is 6. The summed E-state index contributed by atoms with van der Waals surface area (Å²) in [7, 11) is 1.32. The summed E-state index contributed by atoms with van der Waals surface area (Å²) < 4.78 is 11.9. The van der Waals surface area contributed by atoms with Crippen molar-refractivity contribution in [3.63, 3.8) is 0 Å². The van der Waals surface area contributed by atoms with Gasteiger partial charge in [0.15, 0.2) is 0 Å². The van der Waals surface area contributed by atoms with E-state index in [9.17, 15) is 4.79 Å². The number of rotatable bonds is 4. The molecular formula is C15H11ClN4O3. The Bertz CT molecular complexity index is 855. The molecule has 0 fully saturated rings. The van der Waals surface area contributed by atoms with Gasteiger partial charge < -0.3 is 9.15 Å². The molecule has 8 heteroatoms. The minimum atomic E-state index is -0.465. The molecule has 0 aliphatic heterocycles. The first-order chi connectivity index (χ1) is 11.2. The molecule has 0 saturated heterocycles. The molecule has 0 saturated carbocycles. The summed E-state index contributed by atoms with van der Waals surface area (Å²) >= 11 is 6.01. The van der Waals surface area contributed by atoms with Crippen LogP contribution in [0.25, 0.3) is 11.3 Å². The van der Waals surface area contributed by atoms with Crippen LogP contribution < -0.4 is 0 Å². The Hall–Kier alpha value is -2.93. The summed E-state index contributed by atoms with van der Waals surface area (Å²) in [6.45, 7) is 0. The molecular weight excluding hydrogens is 320 g/mol. The lowest BCUT2D eigenvalue weighted by Gasteiger charge is -2.06. The monoisotopic (exact) mass is 330 g/mol. The molecule has 0 amide bonds. The van der Waals surface area contributed by atoms with E-state index in [2.05, 4.69) is 15.3 Å². The van der Waals surface area contributed by atoms with Crippen LogP contribution >= 0.6 is 11.6 Å². The number of halogens is 1. The number of carbonyl (C=O) groups is 1. The van der Waals surface area contributed by atoms with Crippen molar-refractivity contribution < 1.29 is 13.9 Å². The minimum Gasteiger partial charge on any atom is -0.465 e. The Morgan fingerprint density at radius 2 is 2.09 bits per heavy atom. The van der Waals surface area contributed by atoms with Gasteiger partial charge in [0.2, 0.25) is 0 Å². The van der Waals surface area contributed by atoms with Crippen LogP contribution in [0.15, 0.2) is 52.5 Å². The molecule has 2 heterocycles. The SMILES string of the molecule is COC(=O)c1ccc(Cl)cc1-c1ccc(C=Nn2cnnc2)o1. The second-order valence-corrected chi connectivity index (χ2v) is 4.91. The molecule has 3 rings (SSSR count). The Labute approximate surface area is 136 Å². The van der Waals surface area contributed by atoms with Gasteiger partial charge in [-0.15, -0.1) is 10.2 Å². The second kappa shape index (κ2) is 6.45. The zero-order valence-electron chi connectivity index (χ0n) is 12.0. The van der Waals surface area contributed by atoms with Gasteiger partial charge >= 0.3 is 5.97 Å². The van der Waals surface area contributed by atoms with Crippen molar-refractivity contribution in [2.24, 2.45) is 5.10 Å². The standard InChI is InChI=1S/C15H11ClN4O3/c1-22-15(21)12-4-2-10(16)6-13(12)14-5-3-11(23-14)7-19-20-8-17-18-9-20/h2-9H,1H3. The Morgan fingerprint density at radius 3 is 2.83 bits per heavy atom. The Morgan fingerprint density at radius 1 is 1.30 bits per heavy atom. The first kappa shape index (κ1) is 15.0. The average molecular weight is 331 g/mol. The lowest BCUT2D eigenvalue weighted by Crippen LogP contribution is -2.03. The summed E-state index contributed by atoms with van der Waals surface area (Å²) in [5.41, 5.74) is 0.918. The van der Waals surface area contributed by atoms with Gasteiger partial charge in [0.25, 0.3) is 0 Å². The number of methoxy groups -OCH3 is 1. The van der Waals surface area contributed by atoms with Gasteiger partial charge in [-0.25, -0.2) is 9.47 Å². The topological polar surface area (TPSA) is 82.5 Å². The maximum atomic E-state index is 11.9. The van der Waals surface area contributed by atoms with Gasteiger partial charge in [0, 0.05) is 10.6 Å². The van der Waals surface area contributed by atoms with Gasteiger partial charge in [0.1, 0.15) is 24.2 Å². The van der Waals surface area contributed by atoms with E-state index >= 15 is 0 Å². The molecule has 3 aromatic rings. The number of aromatic nitrogens is 3. The summed E-state index contributed by atoms with van der Waals surface area (Å²) in [5, 5.41) is 11.9. The van der Waals surface area contributed by atoms with Crippen LogP contribution in [0.3, 0.4) is 0 Å². The molecule has 23 heavy (non-hydrogen) atoms. The largest absolute Gasteiger partial charge is 0.465 e. The van der Waals surface area contributed by atoms with Gasteiger partial charge in [-0.3, -0.25) is 0 Å². The zero-order chi connectivity index (χ0) is 16.2. The smallest absolute Gasteiger partial charge is 0.338 e. The normalized spacial score (nSPS) is 11.0. The number of hydrogen-bond donors (Lipinski definition) is 0. The van der Waals surface area contributed by atoms with E-state index in [-0.39, 0.29) is 0 Å². The van der Waals surface area contributed by atoms with Crippen molar-refractivity contribution in [2.45, 2.75) is 0 Å². The first-order valence-corrected chi connectivity index (χ1v) is 6.92. The van der Waals surface area contributed by atoms with Crippen LogP contribution in [-0.4, -0.2) is 34.2 Å². The maximum absolute atomic E-state index is 11.9. The third kappa shape index (κ3) is 3.29. The molecule has 0 aliphatic carbocycles. The van der Waals surface area contributed by atoms with Crippen LogP contribution in [-0.2, 0) is 4.74 Å². The molecule has 0 atom stereocenters. The molecule has 0 bridgehead atoms. The summed E-state index contributed by atoms with van der Waals surface area (Å²) in [6, 6.07) is 8.32. The number of ether oxygens (including phenoxy) is 1. The summed E-state index contributed by atoms with van der Waals surface area (Å²) in [6.07, 6.45) is 4.41. The van der Waals surface area contributed by atoms with Gasteiger partial charge in [-0.05, 0) is 30.3 Å². The van der Waals surface area contributed by atoms with Crippen LogP contribution in [0.1, 0.15) is 16.1 Å². The minimum absolute atomic E-state index is 0.369. The van der Waals surface area contributed by atoms with Crippen LogP contribution in [0.5, 0.6) is 0 Å². The van der Waals surface area contributed by atoms with Gasteiger partial charge in [0.05, 0.1) is 18.9 Å². The van der Waals surface area contributed by atoms with Crippen LogP contribution in [0.4, 0.5) is 0 Å². The molecule has 116 valence electrons. The predicted molar refractivity (Wildman–Crippen MR) is 83.5 cm³/mol. The first-order valence-electron chi connectivity index (χ1n) is 6.54. The maximum Gasteiger partial charge on any atom is 0.338 e. The fourth-order valence-electron chi connectivity index (χ4n) is 1.95. The Balaban J connectivity index is 1.94. The predicted octanol–water partition coefficient (Wildman–Crippen LogP) is 2.86. The Kier molecular flexibility index (Phi) is 4.20. The highest BCUT2D eigenvalue weighted by Gasteiger charge is 2.16. The molecule has 0 radical (unpaired) electrons. The van der Waals surface area contributed by atoms with Crippen molar-refractivity contribution in [1.82, 2.24) is 14.9 Å². The molecule has 1 aromatic carbocycles. The van der Waals surface area contributed by atoms with Crippen molar-refractivity contribution >= 4 is 23.8 Å². The second-order valence-electron chi connectivity index (χ2n) is 4.47. The zero-order valence-corrected chi connectivity index (χ0v) is 12.8. The number of esters is 1. The van der Waals surface area contributed by atoms with E-state index < -0.39 is 5.97 Å². The molecule has 0 N–H and O–H groups in total. The van der Waals surface area contributed by atoms with Crippen LogP contribution in [0, 0.1) is 0 Å². The molecule has 0 aliphatic rings. The lowest BCUT2D eigenvalue weighted by atomic mass is 10.1. The highest BCUT2D eigenvalue weighted by atomic mass is 35.5. The van der Waals surface area contributed by atoms with E-state index in [0.29, 0.717) is 27.7 Å². The van der Waals surface area contributed by atoms with Crippen molar-refractivity contribution in [2.75, 3.05) is 7.11 Å². The quantitative estimate of drug-likeness (QED) is 0.542. The highest BCUT2D eigenvalue weighted by molar-refractivity contribution is 6.31. The molecule has 0 unspecified atom stereocenters. The van der Waals surface area contributed by atoms with Gasteiger partial charge in [-0.2, -0.15) is 5.10 Å². The van der Waals surface area contributed by atoms with E-state index in [0.717, 1.165) is 0 Å². The van der Waals surface area contributed by atoms with Crippen molar-refractivity contribution in [1.29, 1.82) is 0 Å². The number of carbonyl (C=O) groups excluding carboxylic acids is 1. The van der Waals surface area contributed by atoms with Crippen molar-refractivity contribution in [3.05, 3.63) is 59.3 Å². The third-order valence-electron chi connectivity index (χ3n) is 3.00. The fraction of sp³-hybridized carbons (Fsp3) is 0.0667. The highest BCUT2D eigenvalue weighted by Crippen LogP contribution is 2.29. The molecule has 7 nitrogen and oxygen atoms in total. The number of benzene rings is 1. The van der Waals surface area contributed by atoms with E-state index in [1.165, 1.54) is 30.7 Å². The van der Waals surface area contributed by atoms with E-state index in [4.69, 9.17) is 20.8 Å². The number of nitrogens with zero attached hydrogens (tertiary/aromatic N) is 4. The summed E-state index contributed by atoms with van der Waals surface area (Å²) in [5.74, 6) is 0.523. The van der Waals surface area contributed by atoms with E-state index in [1.54, 1.807) is 30.3 Å². The third-order valence-corrected chi connectivity index (χ3v) is 3.24. The van der Waals surface area contributed by atoms with Gasteiger partial charge in [-0.1, -0.05) is 11.6 Å².